The van der Waals surface area contributed by atoms with Gasteiger partial charge in [-0.3, -0.25) is 4.79 Å². The van der Waals surface area contributed by atoms with Crippen molar-refractivity contribution in [1.29, 1.82) is 0 Å². The number of ketones is 1. The van der Waals surface area contributed by atoms with Gasteiger partial charge in [0, 0.05) is 13.7 Å². The lowest BCUT2D eigenvalue weighted by Gasteiger charge is -2.13. The third-order valence-corrected chi connectivity index (χ3v) is 2.30. The largest absolute Gasteiger partial charge is 0.377 e. The number of hydrogen-bond acceptors (Lipinski definition) is 4. The van der Waals surface area contributed by atoms with Gasteiger partial charge in [-0.25, -0.2) is 0 Å². The van der Waals surface area contributed by atoms with Crippen LogP contribution in [0.3, 0.4) is 0 Å². The minimum atomic E-state index is -0.111. The third-order valence-electron chi connectivity index (χ3n) is 2.30. The van der Waals surface area contributed by atoms with E-state index in [-0.39, 0.29) is 30.6 Å². The summed E-state index contributed by atoms with van der Waals surface area (Å²) in [5.41, 5.74) is 0. The Bertz CT molecular complexity index is 183. The monoisotopic (exact) mass is 157 g/mol. The van der Waals surface area contributed by atoms with Gasteiger partial charge in [-0.15, -0.1) is 0 Å². The van der Waals surface area contributed by atoms with Crippen LogP contribution >= 0.6 is 0 Å². The van der Waals surface area contributed by atoms with E-state index in [4.69, 9.17) is 9.47 Å². The Balaban J connectivity index is 2.10. The first-order chi connectivity index (χ1) is 5.33. The first kappa shape index (κ1) is 7.21. The van der Waals surface area contributed by atoms with E-state index in [9.17, 15) is 4.79 Å². The Morgan fingerprint density at radius 1 is 1.73 bits per heavy atom. The summed E-state index contributed by atoms with van der Waals surface area (Å²) in [7, 11) is 1.64. The standard InChI is InChI=1S/C7H11NO3/c1-10-5-2-8-6-4(9)3-11-7(5)6/h5-8H,2-3H2,1H3/t5-,6+,7+/m0/s1. The van der Waals surface area contributed by atoms with Crippen molar-refractivity contribution in [1.82, 2.24) is 5.32 Å². The van der Waals surface area contributed by atoms with E-state index < -0.39 is 0 Å². The van der Waals surface area contributed by atoms with Crippen LogP contribution in [0.2, 0.25) is 0 Å². The van der Waals surface area contributed by atoms with Crippen LogP contribution in [0.4, 0.5) is 0 Å². The molecule has 62 valence electrons. The number of nitrogens with one attached hydrogen (secondary N) is 1. The van der Waals surface area contributed by atoms with Gasteiger partial charge in [0.25, 0.3) is 0 Å². The summed E-state index contributed by atoms with van der Waals surface area (Å²) >= 11 is 0. The molecule has 4 heteroatoms. The van der Waals surface area contributed by atoms with Gasteiger partial charge in [0.15, 0.2) is 5.78 Å². The minimum absolute atomic E-state index is 0.0476. The molecule has 2 aliphatic rings. The number of hydrogen-bond donors (Lipinski definition) is 1. The normalized spacial score (nSPS) is 43.0. The number of methoxy groups -OCH3 is 1. The van der Waals surface area contributed by atoms with Gasteiger partial charge in [-0.05, 0) is 0 Å². The van der Waals surface area contributed by atoms with Crippen LogP contribution < -0.4 is 5.32 Å². The summed E-state index contributed by atoms with van der Waals surface area (Å²) in [6.07, 6.45) is -0.000972. The molecule has 0 unspecified atom stereocenters. The highest BCUT2D eigenvalue weighted by molar-refractivity contribution is 5.88. The van der Waals surface area contributed by atoms with Crippen molar-refractivity contribution < 1.29 is 14.3 Å². The molecule has 0 amide bonds. The van der Waals surface area contributed by atoms with E-state index in [1.54, 1.807) is 7.11 Å². The van der Waals surface area contributed by atoms with Crippen LogP contribution in [0.5, 0.6) is 0 Å². The van der Waals surface area contributed by atoms with Crippen molar-refractivity contribution in [2.75, 3.05) is 20.3 Å². The van der Waals surface area contributed by atoms with Gasteiger partial charge in [-0.1, -0.05) is 0 Å². The molecule has 0 saturated carbocycles. The Morgan fingerprint density at radius 2 is 2.55 bits per heavy atom. The van der Waals surface area contributed by atoms with Crippen LogP contribution in [0.15, 0.2) is 0 Å². The van der Waals surface area contributed by atoms with E-state index >= 15 is 0 Å². The molecule has 0 bridgehead atoms. The molecule has 4 nitrogen and oxygen atoms in total. The number of rotatable bonds is 1. The summed E-state index contributed by atoms with van der Waals surface area (Å²) < 4.78 is 10.4. The van der Waals surface area contributed by atoms with Crippen LogP contribution in [-0.2, 0) is 14.3 Å². The highest BCUT2D eigenvalue weighted by atomic mass is 16.5. The van der Waals surface area contributed by atoms with E-state index in [0.717, 1.165) is 6.54 Å². The Kier molecular flexibility index (Phi) is 1.67. The second-order valence-electron chi connectivity index (χ2n) is 2.90. The summed E-state index contributed by atoms with van der Waals surface area (Å²) in [5.74, 6) is 0.148. The molecule has 0 aromatic carbocycles. The van der Waals surface area contributed by atoms with Crippen LogP contribution in [0.25, 0.3) is 0 Å². The zero-order chi connectivity index (χ0) is 7.84. The second kappa shape index (κ2) is 2.55. The van der Waals surface area contributed by atoms with Gasteiger partial charge in [0.1, 0.15) is 12.7 Å². The Hall–Kier alpha value is -0.450. The molecule has 2 saturated heterocycles. The maximum atomic E-state index is 11.1. The first-order valence-corrected chi connectivity index (χ1v) is 3.73. The molecule has 2 rings (SSSR count). The molecule has 2 fully saturated rings. The molecule has 11 heavy (non-hydrogen) atoms. The van der Waals surface area contributed by atoms with Crippen molar-refractivity contribution in [2.45, 2.75) is 18.2 Å². The molecule has 0 spiro atoms. The molecule has 2 heterocycles. The molecule has 0 aromatic heterocycles. The molecular weight excluding hydrogens is 146 g/mol. The zero-order valence-electron chi connectivity index (χ0n) is 6.37. The zero-order valence-corrected chi connectivity index (χ0v) is 6.37. The van der Waals surface area contributed by atoms with Gasteiger partial charge >= 0.3 is 0 Å². The van der Waals surface area contributed by atoms with Gasteiger partial charge in [-0.2, -0.15) is 0 Å². The summed E-state index contributed by atoms with van der Waals surface area (Å²) in [6.45, 7) is 0.958. The number of ether oxygens (including phenoxy) is 2. The lowest BCUT2D eigenvalue weighted by molar-refractivity contribution is -0.119. The predicted octanol–water partition coefficient (Wildman–Crippen LogP) is -1.06. The van der Waals surface area contributed by atoms with Crippen molar-refractivity contribution in [3.8, 4) is 0 Å². The van der Waals surface area contributed by atoms with Gasteiger partial charge in [0.2, 0.25) is 0 Å². The van der Waals surface area contributed by atoms with Crippen LogP contribution in [0.1, 0.15) is 0 Å². The first-order valence-electron chi connectivity index (χ1n) is 3.73. The fourth-order valence-electron chi connectivity index (χ4n) is 1.68. The van der Waals surface area contributed by atoms with Crippen molar-refractivity contribution in [3.63, 3.8) is 0 Å². The number of carbonyl (C=O) groups excluding carboxylic acids is 1. The van der Waals surface area contributed by atoms with Crippen molar-refractivity contribution in [2.24, 2.45) is 0 Å². The summed E-state index contributed by atoms with van der Waals surface area (Å²) in [6, 6.07) is -0.111. The SMILES string of the molecule is CO[C@H]1CN[C@@H]2C(=O)CO[C@H]12. The smallest absolute Gasteiger partial charge is 0.178 e. The van der Waals surface area contributed by atoms with Gasteiger partial charge < -0.3 is 14.8 Å². The number of carbonyl (C=O) groups is 1. The Labute approximate surface area is 64.9 Å². The van der Waals surface area contributed by atoms with Gasteiger partial charge in [0.05, 0.1) is 12.1 Å². The predicted molar refractivity (Wildman–Crippen MR) is 37.3 cm³/mol. The molecule has 0 radical (unpaired) electrons. The van der Waals surface area contributed by atoms with Crippen LogP contribution in [0, 0.1) is 0 Å². The average molecular weight is 157 g/mol. The maximum Gasteiger partial charge on any atom is 0.178 e. The quantitative estimate of drug-likeness (QED) is 0.527. The second-order valence-corrected chi connectivity index (χ2v) is 2.90. The van der Waals surface area contributed by atoms with Crippen molar-refractivity contribution in [3.05, 3.63) is 0 Å². The van der Waals surface area contributed by atoms with E-state index in [2.05, 4.69) is 5.32 Å². The summed E-state index contributed by atoms with van der Waals surface area (Å²) in [5, 5.41) is 3.07. The molecule has 0 aromatic rings. The van der Waals surface area contributed by atoms with E-state index in [1.807, 2.05) is 0 Å². The summed E-state index contributed by atoms with van der Waals surface area (Å²) in [4.78, 5) is 11.1. The van der Waals surface area contributed by atoms with E-state index in [1.165, 1.54) is 0 Å². The fraction of sp³-hybridized carbons (Fsp3) is 0.857. The topological polar surface area (TPSA) is 47.6 Å². The van der Waals surface area contributed by atoms with E-state index in [0.29, 0.717) is 0 Å². The fourth-order valence-corrected chi connectivity index (χ4v) is 1.68. The number of Topliss-reactive ketones (excluding diaryl/α,β-unsaturated/α-hetero) is 1. The molecular formula is C7H11NO3. The molecule has 1 N–H and O–H groups in total. The lowest BCUT2D eigenvalue weighted by atomic mass is 10.1. The number of fused-ring (bicyclic) bond motifs is 1. The molecule has 2 aliphatic heterocycles. The third kappa shape index (κ3) is 0.982. The minimum Gasteiger partial charge on any atom is -0.377 e. The maximum absolute atomic E-state index is 11.1. The highest BCUT2D eigenvalue weighted by Crippen LogP contribution is 2.20. The lowest BCUT2D eigenvalue weighted by Crippen LogP contribution is -2.34. The molecule has 3 atom stereocenters. The Morgan fingerprint density at radius 3 is 3.27 bits per heavy atom. The van der Waals surface area contributed by atoms with Crippen molar-refractivity contribution >= 4 is 5.78 Å². The average Bonchev–Trinajstić information content (AvgIpc) is 2.53. The highest BCUT2D eigenvalue weighted by Gasteiger charge is 2.45. The molecule has 0 aliphatic carbocycles. The van der Waals surface area contributed by atoms with Crippen LogP contribution in [-0.4, -0.2) is 44.3 Å².